The molecule has 0 unspecified atom stereocenters. The number of carbonyl (C=O) groups excluding carboxylic acids is 1. The smallest absolute Gasteiger partial charge is 0.349 e. The summed E-state index contributed by atoms with van der Waals surface area (Å²) in [4.78, 5) is 17.1. The summed E-state index contributed by atoms with van der Waals surface area (Å²) in [6.07, 6.45) is 1.49. The van der Waals surface area contributed by atoms with Crippen molar-refractivity contribution in [3.63, 3.8) is 0 Å². The van der Waals surface area contributed by atoms with E-state index in [9.17, 15) is 18.0 Å². The molecule has 1 saturated carbocycles. The summed E-state index contributed by atoms with van der Waals surface area (Å²) in [5.74, 6) is -0.436. The quantitative estimate of drug-likeness (QED) is 0.686. The molecule has 3 aromatic rings. The second-order valence-electron chi connectivity index (χ2n) is 7.49. The molecular weight excluding hydrogens is 381 g/mol. The number of carbonyl (C=O) groups is 1. The lowest BCUT2D eigenvalue weighted by molar-refractivity contribution is -0.142. The molecule has 0 saturated heterocycles. The fourth-order valence-electron chi connectivity index (χ4n) is 3.71. The van der Waals surface area contributed by atoms with Gasteiger partial charge in [0.25, 0.3) is 5.91 Å². The summed E-state index contributed by atoms with van der Waals surface area (Å²) in [6, 6.07) is 8.05. The van der Waals surface area contributed by atoms with E-state index in [-0.39, 0.29) is 22.9 Å². The Morgan fingerprint density at radius 3 is 2.48 bits per heavy atom. The van der Waals surface area contributed by atoms with Crippen LogP contribution in [-0.4, -0.2) is 26.5 Å². The first kappa shape index (κ1) is 19.4. The number of hydrogen-bond donors (Lipinski definition) is 1. The second-order valence-corrected chi connectivity index (χ2v) is 7.49. The van der Waals surface area contributed by atoms with Gasteiger partial charge in [-0.1, -0.05) is 49.1 Å². The average Bonchev–Trinajstić information content (AvgIpc) is 3.12. The SMILES string of the molecule is Cc1ccc(-c2cc(C(F)(F)F)n3ncc(C(=O)NC4CCCCC4)c3n2)cc1. The Hall–Kier alpha value is -2.90. The van der Waals surface area contributed by atoms with Crippen LogP contribution in [0, 0.1) is 6.92 Å². The van der Waals surface area contributed by atoms with Gasteiger partial charge in [0.05, 0.1) is 11.9 Å². The van der Waals surface area contributed by atoms with Gasteiger partial charge < -0.3 is 5.32 Å². The highest BCUT2D eigenvalue weighted by Gasteiger charge is 2.36. The largest absolute Gasteiger partial charge is 0.433 e. The highest BCUT2D eigenvalue weighted by Crippen LogP contribution is 2.33. The molecule has 1 aliphatic rings. The maximum Gasteiger partial charge on any atom is 0.433 e. The molecule has 1 aliphatic carbocycles. The number of halogens is 3. The molecular formula is C21H21F3N4O. The summed E-state index contributed by atoms with van der Waals surface area (Å²) in [7, 11) is 0. The minimum atomic E-state index is -4.64. The maximum absolute atomic E-state index is 13.7. The first-order valence-electron chi connectivity index (χ1n) is 9.67. The van der Waals surface area contributed by atoms with E-state index in [1.807, 2.05) is 19.1 Å². The average molecular weight is 402 g/mol. The standard InChI is InChI=1S/C21H21F3N4O/c1-13-7-9-14(10-8-13)17-11-18(21(22,23)24)28-19(27-17)16(12-25-28)20(29)26-15-5-3-2-4-6-15/h7-12,15H,2-6H2,1H3,(H,26,29). The Morgan fingerprint density at radius 2 is 1.83 bits per heavy atom. The van der Waals surface area contributed by atoms with Gasteiger partial charge in [-0.2, -0.15) is 18.3 Å². The van der Waals surface area contributed by atoms with Crippen molar-refractivity contribution in [1.29, 1.82) is 0 Å². The number of benzene rings is 1. The maximum atomic E-state index is 13.7. The molecule has 5 nitrogen and oxygen atoms in total. The molecule has 1 aromatic carbocycles. The molecule has 0 aliphatic heterocycles. The monoisotopic (exact) mass is 402 g/mol. The summed E-state index contributed by atoms with van der Waals surface area (Å²) >= 11 is 0. The van der Waals surface area contributed by atoms with Crippen LogP contribution in [0.4, 0.5) is 13.2 Å². The first-order chi connectivity index (χ1) is 13.8. The number of rotatable bonds is 3. The molecule has 8 heteroatoms. The van der Waals surface area contributed by atoms with E-state index < -0.39 is 17.8 Å². The Kier molecular flexibility index (Phi) is 5.02. The number of aryl methyl sites for hydroxylation is 1. The van der Waals surface area contributed by atoms with Crippen LogP contribution in [0.15, 0.2) is 36.5 Å². The van der Waals surface area contributed by atoms with Gasteiger partial charge >= 0.3 is 6.18 Å². The zero-order chi connectivity index (χ0) is 20.6. The Bertz CT molecular complexity index is 1030. The van der Waals surface area contributed by atoms with Crippen molar-refractivity contribution in [2.75, 3.05) is 0 Å². The topological polar surface area (TPSA) is 59.3 Å². The van der Waals surface area contributed by atoms with Crippen molar-refractivity contribution >= 4 is 11.6 Å². The number of nitrogens with one attached hydrogen (secondary N) is 1. The van der Waals surface area contributed by atoms with Crippen molar-refractivity contribution in [1.82, 2.24) is 19.9 Å². The minimum absolute atomic E-state index is 0.0357. The molecule has 29 heavy (non-hydrogen) atoms. The number of nitrogens with zero attached hydrogens (tertiary/aromatic N) is 3. The lowest BCUT2D eigenvalue weighted by atomic mass is 9.95. The van der Waals surface area contributed by atoms with Gasteiger partial charge in [0.15, 0.2) is 11.3 Å². The summed E-state index contributed by atoms with van der Waals surface area (Å²) in [5, 5.41) is 6.75. The number of fused-ring (bicyclic) bond motifs is 1. The van der Waals surface area contributed by atoms with Gasteiger partial charge in [-0.25, -0.2) is 9.50 Å². The van der Waals surface area contributed by atoms with Gasteiger partial charge in [-0.3, -0.25) is 4.79 Å². The van der Waals surface area contributed by atoms with Gasteiger partial charge in [0.2, 0.25) is 0 Å². The van der Waals surface area contributed by atoms with Gasteiger partial charge in [0.1, 0.15) is 5.56 Å². The van der Waals surface area contributed by atoms with Crippen molar-refractivity contribution in [2.24, 2.45) is 0 Å². The van der Waals surface area contributed by atoms with Crippen molar-refractivity contribution < 1.29 is 18.0 Å². The third-order valence-corrected chi connectivity index (χ3v) is 5.29. The highest BCUT2D eigenvalue weighted by atomic mass is 19.4. The predicted molar refractivity (Wildman–Crippen MR) is 103 cm³/mol. The van der Waals surface area contributed by atoms with Crippen molar-refractivity contribution in [3.8, 4) is 11.3 Å². The third-order valence-electron chi connectivity index (χ3n) is 5.29. The lowest BCUT2D eigenvalue weighted by Gasteiger charge is -2.22. The Morgan fingerprint density at radius 1 is 1.14 bits per heavy atom. The van der Waals surface area contributed by atoms with Gasteiger partial charge in [-0.15, -0.1) is 0 Å². The Balaban J connectivity index is 1.79. The molecule has 2 aromatic heterocycles. The molecule has 0 spiro atoms. The summed E-state index contributed by atoms with van der Waals surface area (Å²) in [6.45, 7) is 1.90. The van der Waals surface area contributed by atoms with Gasteiger partial charge in [0, 0.05) is 11.6 Å². The van der Waals surface area contributed by atoms with E-state index in [4.69, 9.17) is 0 Å². The molecule has 1 amide bonds. The van der Waals surface area contributed by atoms with E-state index >= 15 is 0 Å². The van der Waals surface area contributed by atoms with Crippen LogP contribution < -0.4 is 5.32 Å². The van der Waals surface area contributed by atoms with Crippen molar-refractivity contribution in [3.05, 3.63) is 53.3 Å². The zero-order valence-corrected chi connectivity index (χ0v) is 16.0. The minimum Gasteiger partial charge on any atom is -0.349 e. The fourth-order valence-corrected chi connectivity index (χ4v) is 3.71. The normalized spacial score (nSPS) is 15.6. The van der Waals surface area contributed by atoms with Crippen LogP contribution in [0.5, 0.6) is 0 Å². The molecule has 152 valence electrons. The van der Waals surface area contributed by atoms with Gasteiger partial charge in [-0.05, 0) is 25.8 Å². The zero-order valence-electron chi connectivity index (χ0n) is 16.0. The van der Waals surface area contributed by atoms with Crippen LogP contribution in [0.25, 0.3) is 16.9 Å². The molecule has 4 rings (SSSR count). The Labute approximate surface area is 166 Å². The molecule has 0 atom stereocenters. The summed E-state index contributed by atoms with van der Waals surface area (Å²) < 4.78 is 41.7. The van der Waals surface area contributed by atoms with E-state index in [1.165, 1.54) is 0 Å². The first-order valence-corrected chi connectivity index (χ1v) is 9.67. The van der Waals surface area contributed by atoms with Crippen LogP contribution in [-0.2, 0) is 6.18 Å². The predicted octanol–water partition coefficient (Wildman–Crippen LogP) is 4.79. The third kappa shape index (κ3) is 3.97. The number of amides is 1. The van der Waals surface area contributed by atoms with E-state index in [0.717, 1.165) is 49.9 Å². The molecule has 1 fully saturated rings. The van der Waals surface area contributed by atoms with Crippen LogP contribution in [0.1, 0.15) is 53.7 Å². The highest BCUT2D eigenvalue weighted by molar-refractivity contribution is 6.00. The lowest BCUT2D eigenvalue weighted by Crippen LogP contribution is -2.36. The van der Waals surface area contributed by atoms with Crippen LogP contribution in [0.3, 0.4) is 0 Å². The van der Waals surface area contributed by atoms with E-state index in [1.54, 1.807) is 12.1 Å². The summed E-state index contributed by atoms with van der Waals surface area (Å²) in [5.41, 5.74) is 0.678. The van der Waals surface area contributed by atoms with Crippen molar-refractivity contribution in [2.45, 2.75) is 51.2 Å². The second kappa shape index (κ2) is 7.50. The van der Waals surface area contributed by atoms with E-state index in [2.05, 4.69) is 15.4 Å². The number of hydrogen-bond acceptors (Lipinski definition) is 3. The van der Waals surface area contributed by atoms with Crippen LogP contribution >= 0.6 is 0 Å². The molecule has 0 bridgehead atoms. The number of aromatic nitrogens is 3. The number of alkyl halides is 3. The molecule has 0 radical (unpaired) electrons. The van der Waals surface area contributed by atoms with E-state index in [0.29, 0.717) is 10.1 Å². The molecule has 2 heterocycles. The fraction of sp³-hybridized carbons (Fsp3) is 0.381. The molecule has 1 N–H and O–H groups in total. The van der Waals surface area contributed by atoms with Crippen LogP contribution in [0.2, 0.25) is 0 Å².